The summed E-state index contributed by atoms with van der Waals surface area (Å²) in [4.78, 5) is 12.2. The highest BCUT2D eigenvalue weighted by atomic mass is 35.5. The lowest BCUT2D eigenvalue weighted by Crippen LogP contribution is -2.45. The van der Waals surface area contributed by atoms with Crippen molar-refractivity contribution in [3.63, 3.8) is 0 Å². The van der Waals surface area contributed by atoms with Crippen LogP contribution in [-0.4, -0.2) is 29.0 Å². The molecule has 4 unspecified atom stereocenters. The maximum atomic E-state index is 12.2. The summed E-state index contributed by atoms with van der Waals surface area (Å²) >= 11 is 1.99. The highest BCUT2D eigenvalue weighted by molar-refractivity contribution is 7.99. The zero-order valence-corrected chi connectivity index (χ0v) is 12.7. The third-order valence-corrected chi connectivity index (χ3v) is 5.39. The Morgan fingerprint density at radius 3 is 2.61 bits per heavy atom. The number of thioether (sulfide) groups is 1. The smallest absolute Gasteiger partial charge is 0.224 e. The zero-order valence-electron chi connectivity index (χ0n) is 11.1. The second kappa shape index (κ2) is 7.61. The van der Waals surface area contributed by atoms with Crippen molar-refractivity contribution in [3.8, 4) is 0 Å². The van der Waals surface area contributed by atoms with E-state index in [1.54, 1.807) is 0 Å². The molecule has 0 aliphatic heterocycles. The molecule has 0 radical (unpaired) electrons. The number of hydrogen-bond acceptors (Lipinski definition) is 3. The summed E-state index contributed by atoms with van der Waals surface area (Å²) in [6, 6.07) is 0.480. The minimum atomic E-state index is 0. The van der Waals surface area contributed by atoms with E-state index in [4.69, 9.17) is 5.73 Å². The van der Waals surface area contributed by atoms with Crippen molar-refractivity contribution in [3.05, 3.63) is 0 Å². The SMILES string of the molecule is CCSC1CCCC1NC(=O)C1CCCC1N.Cl. The number of carbonyl (C=O) groups excluding carboxylic acids is 1. The minimum Gasteiger partial charge on any atom is -0.352 e. The van der Waals surface area contributed by atoms with E-state index in [0.717, 1.165) is 31.4 Å². The topological polar surface area (TPSA) is 55.1 Å². The van der Waals surface area contributed by atoms with Crippen LogP contribution in [0.5, 0.6) is 0 Å². The van der Waals surface area contributed by atoms with Gasteiger partial charge in [-0.05, 0) is 31.4 Å². The standard InChI is InChI=1S/C13H24N2OS.ClH/c1-2-17-12-8-4-7-11(12)15-13(16)9-5-3-6-10(9)14;/h9-12H,2-8,14H2,1H3,(H,15,16);1H. The van der Waals surface area contributed by atoms with E-state index in [2.05, 4.69) is 12.2 Å². The summed E-state index contributed by atoms with van der Waals surface area (Å²) in [5.74, 6) is 1.42. The van der Waals surface area contributed by atoms with Gasteiger partial charge in [-0.1, -0.05) is 19.8 Å². The molecule has 5 heteroatoms. The van der Waals surface area contributed by atoms with Gasteiger partial charge in [0.15, 0.2) is 0 Å². The van der Waals surface area contributed by atoms with Gasteiger partial charge >= 0.3 is 0 Å². The molecule has 0 aromatic heterocycles. The molecular formula is C13H25ClN2OS. The van der Waals surface area contributed by atoms with Crippen molar-refractivity contribution in [2.75, 3.05) is 5.75 Å². The number of rotatable bonds is 4. The van der Waals surface area contributed by atoms with Crippen LogP contribution in [-0.2, 0) is 4.79 Å². The van der Waals surface area contributed by atoms with Crippen LogP contribution in [0.4, 0.5) is 0 Å². The largest absolute Gasteiger partial charge is 0.352 e. The third kappa shape index (κ3) is 3.78. The van der Waals surface area contributed by atoms with Gasteiger partial charge in [-0.15, -0.1) is 12.4 Å². The Balaban J connectivity index is 0.00000162. The van der Waals surface area contributed by atoms with Gasteiger partial charge in [0.2, 0.25) is 5.91 Å². The van der Waals surface area contributed by atoms with E-state index < -0.39 is 0 Å². The van der Waals surface area contributed by atoms with Gasteiger partial charge < -0.3 is 11.1 Å². The van der Waals surface area contributed by atoms with Crippen LogP contribution >= 0.6 is 24.2 Å². The van der Waals surface area contributed by atoms with Crippen molar-refractivity contribution in [1.82, 2.24) is 5.32 Å². The molecule has 0 saturated heterocycles. The Bertz CT molecular complexity index is 278. The fourth-order valence-corrected chi connectivity index (χ4v) is 4.31. The lowest BCUT2D eigenvalue weighted by atomic mass is 10.0. The summed E-state index contributed by atoms with van der Waals surface area (Å²) in [6.45, 7) is 2.19. The molecule has 2 aliphatic carbocycles. The predicted octanol–water partition coefficient (Wildman–Crippen LogP) is 2.33. The van der Waals surface area contributed by atoms with Crippen molar-refractivity contribution in [1.29, 1.82) is 0 Å². The molecule has 3 N–H and O–H groups in total. The van der Waals surface area contributed by atoms with E-state index >= 15 is 0 Å². The molecule has 0 bridgehead atoms. The predicted molar refractivity (Wildman–Crippen MR) is 80.3 cm³/mol. The van der Waals surface area contributed by atoms with E-state index in [0.29, 0.717) is 11.3 Å². The summed E-state index contributed by atoms with van der Waals surface area (Å²) in [6.07, 6.45) is 6.74. The molecule has 18 heavy (non-hydrogen) atoms. The fraction of sp³-hybridized carbons (Fsp3) is 0.923. The first-order valence-electron chi connectivity index (χ1n) is 6.90. The molecule has 3 nitrogen and oxygen atoms in total. The Kier molecular flexibility index (Phi) is 6.82. The summed E-state index contributed by atoms with van der Waals surface area (Å²) in [7, 11) is 0. The number of nitrogens with one attached hydrogen (secondary N) is 1. The number of hydrogen-bond donors (Lipinski definition) is 2. The Morgan fingerprint density at radius 1 is 1.28 bits per heavy atom. The molecule has 1 amide bonds. The van der Waals surface area contributed by atoms with E-state index in [1.165, 1.54) is 12.8 Å². The molecular weight excluding hydrogens is 268 g/mol. The molecule has 0 aromatic carbocycles. The van der Waals surface area contributed by atoms with Crippen LogP contribution in [0.25, 0.3) is 0 Å². The van der Waals surface area contributed by atoms with Gasteiger partial charge in [0.05, 0.1) is 5.92 Å². The maximum absolute atomic E-state index is 12.2. The number of nitrogens with two attached hydrogens (primary N) is 1. The number of halogens is 1. The average molecular weight is 293 g/mol. The van der Waals surface area contributed by atoms with E-state index in [1.807, 2.05) is 11.8 Å². The quantitative estimate of drug-likeness (QED) is 0.836. The monoisotopic (exact) mass is 292 g/mol. The van der Waals surface area contributed by atoms with Crippen LogP contribution in [0.15, 0.2) is 0 Å². The van der Waals surface area contributed by atoms with Crippen molar-refractivity contribution >= 4 is 30.1 Å². The zero-order chi connectivity index (χ0) is 12.3. The summed E-state index contributed by atoms with van der Waals surface area (Å²) < 4.78 is 0. The molecule has 4 atom stereocenters. The van der Waals surface area contributed by atoms with Crippen LogP contribution < -0.4 is 11.1 Å². The lowest BCUT2D eigenvalue weighted by Gasteiger charge is -2.23. The second-order valence-corrected chi connectivity index (χ2v) is 6.76. The van der Waals surface area contributed by atoms with Crippen LogP contribution in [0.2, 0.25) is 0 Å². The van der Waals surface area contributed by atoms with E-state index in [-0.39, 0.29) is 30.3 Å². The molecule has 2 saturated carbocycles. The van der Waals surface area contributed by atoms with Gasteiger partial charge in [-0.2, -0.15) is 11.8 Å². The first-order valence-corrected chi connectivity index (χ1v) is 7.94. The molecule has 0 heterocycles. The first-order chi connectivity index (χ1) is 8.22. The highest BCUT2D eigenvalue weighted by Crippen LogP contribution is 2.31. The maximum Gasteiger partial charge on any atom is 0.224 e. The van der Waals surface area contributed by atoms with Crippen molar-refractivity contribution in [2.24, 2.45) is 11.7 Å². The normalized spacial score (nSPS) is 35.2. The van der Waals surface area contributed by atoms with Gasteiger partial charge in [-0.3, -0.25) is 4.79 Å². The van der Waals surface area contributed by atoms with Crippen molar-refractivity contribution < 1.29 is 4.79 Å². The molecule has 0 aromatic rings. The molecule has 2 fully saturated rings. The fourth-order valence-electron chi connectivity index (χ4n) is 3.11. The van der Waals surface area contributed by atoms with Gasteiger partial charge in [0, 0.05) is 17.3 Å². The van der Waals surface area contributed by atoms with Gasteiger partial charge in [0.25, 0.3) is 0 Å². The Labute approximate surface area is 120 Å². The molecule has 0 spiro atoms. The molecule has 2 aliphatic rings. The van der Waals surface area contributed by atoms with E-state index in [9.17, 15) is 4.79 Å². The van der Waals surface area contributed by atoms with Gasteiger partial charge in [0.1, 0.15) is 0 Å². The minimum absolute atomic E-state index is 0. The Morgan fingerprint density at radius 2 is 2.00 bits per heavy atom. The second-order valence-electron chi connectivity index (χ2n) is 5.24. The average Bonchev–Trinajstić information content (AvgIpc) is 2.89. The third-order valence-electron chi connectivity index (χ3n) is 4.07. The highest BCUT2D eigenvalue weighted by Gasteiger charge is 2.34. The van der Waals surface area contributed by atoms with Crippen molar-refractivity contribution in [2.45, 2.75) is 62.8 Å². The summed E-state index contributed by atoms with van der Waals surface area (Å²) in [5.41, 5.74) is 5.98. The summed E-state index contributed by atoms with van der Waals surface area (Å²) in [5, 5.41) is 3.87. The number of carbonyl (C=O) groups is 1. The molecule has 106 valence electrons. The molecule has 2 rings (SSSR count). The van der Waals surface area contributed by atoms with Crippen LogP contribution in [0, 0.1) is 5.92 Å². The first kappa shape index (κ1) is 16.1. The van der Waals surface area contributed by atoms with Gasteiger partial charge in [-0.25, -0.2) is 0 Å². The van der Waals surface area contributed by atoms with Crippen LogP contribution in [0.1, 0.15) is 45.4 Å². The lowest BCUT2D eigenvalue weighted by molar-refractivity contribution is -0.125. The Hall–Kier alpha value is 0.0700. The number of amides is 1. The van der Waals surface area contributed by atoms with Crippen LogP contribution in [0.3, 0.4) is 0 Å².